The van der Waals surface area contributed by atoms with Crippen LogP contribution in [0.2, 0.25) is 13.1 Å². The summed E-state index contributed by atoms with van der Waals surface area (Å²) < 4.78 is 8.98. The molecule has 2 atom stereocenters. The van der Waals surface area contributed by atoms with E-state index >= 15 is 0 Å². The van der Waals surface area contributed by atoms with Crippen LogP contribution in [-0.4, -0.2) is 42.0 Å². The molecule has 0 aromatic heterocycles. The van der Waals surface area contributed by atoms with Crippen LogP contribution in [0.5, 0.6) is 0 Å². The van der Waals surface area contributed by atoms with Crippen molar-refractivity contribution < 1.29 is 20.8 Å². The first-order valence-corrected chi connectivity index (χ1v) is 21.0. The second-order valence-corrected chi connectivity index (χ2v) is 27.6. The SMILES string of the molecule is CC1=C2c3c(Br)cccc3[CH]1[Zr]([N](C)C)([N](C)C)[CH]1C(C)=C(c3c(Br)cccc31)[Si]2(C)C. The van der Waals surface area contributed by atoms with Crippen LogP contribution in [0.4, 0.5) is 0 Å². The van der Waals surface area contributed by atoms with Crippen LogP contribution in [0.15, 0.2) is 56.5 Å². The molecule has 168 valence electrons. The van der Waals surface area contributed by atoms with Crippen LogP contribution in [-0.2, 0) is 20.8 Å². The van der Waals surface area contributed by atoms with E-state index in [1.807, 2.05) is 0 Å². The molecule has 5 rings (SSSR count). The molecule has 4 bridgehead atoms. The molecule has 2 aliphatic carbocycles. The minimum atomic E-state index is -3.37. The van der Waals surface area contributed by atoms with Gasteiger partial charge in [-0.15, -0.1) is 0 Å². The first-order valence-electron chi connectivity index (χ1n) is 11.3. The van der Waals surface area contributed by atoms with Crippen molar-refractivity contribution in [2.45, 2.75) is 34.2 Å². The molecule has 0 saturated heterocycles. The quantitative estimate of drug-likeness (QED) is 0.311. The Bertz CT molecular complexity index is 1130. The number of allylic oxidation sites excluding steroid dienone is 2. The Morgan fingerprint density at radius 2 is 1.09 bits per heavy atom. The van der Waals surface area contributed by atoms with Gasteiger partial charge in [-0.05, 0) is 0 Å². The topological polar surface area (TPSA) is 6.48 Å². The summed E-state index contributed by atoms with van der Waals surface area (Å²) >= 11 is 4.63. The van der Waals surface area contributed by atoms with E-state index in [2.05, 4.69) is 129 Å². The fourth-order valence-electron chi connectivity index (χ4n) is 7.67. The monoisotopic (exact) mass is 648 g/mol. The van der Waals surface area contributed by atoms with Crippen LogP contribution in [0, 0.1) is 0 Å². The molecular formula is C26H32Br2N2SiZr. The third-order valence-corrected chi connectivity index (χ3v) is 28.4. The molecule has 0 saturated carbocycles. The Hall–Kier alpha value is -0.100. The Kier molecular flexibility index (Phi) is 5.69. The molecule has 3 aliphatic rings. The van der Waals surface area contributed by atoms with Crippen LogP contribution in [0.3, 0.4) is 0 Å². The molecule has 2 aromatic rings. The van der Waals surface area contributed by atoms with E-state index in [1.165, 1.54) is 20.1 Å². The van der Waals surface area contributed by atoms with Gasteiger partial charge < -0.3 is 0 Å². The minimum absolute atomic E-state index is 0.509. The molecule has 0 N–H and O–H groups in total. The molecule has 2 nitrogen and oxygen atoms in total. The van der Waals surface area contributed by atoms with Gasteiger partial charge in [-0.3, -0.25) is 0 Å². The van der Waals surface area contributed by atoms with Crippen molar-refractivity contribution in [2.75, 3.05) is 28.2 Å². The molecule has 32 heavy (non-hydrogen) atoms. The fraction of sp³-hybridized carbons (Fsp3) is 0.385. The Labute approximate surface area is 216 Å². The summed E-state index contributed by atoms with van der Waals surface area (Å²) in [4.78, 5) is 0. The summed E-state index contributed by atoms with van der Waals surface area (Å²) in [5.41, 5.74) is 9.48. The first kappa shape index (κ1) is 23.6. The molecule has 0 radical (unpaired) electrons. The van der Waals surface area contributed by atoms with Gasteiger partial charge in [0, 0.05) is 0 Å². The van der Waals surface area contributed by atoms with Gasteiger partial charge in [0.25, 0.3) is 0 Å². The van der Waals surface area contributed by atoms with Gasteiger partial charge in [-0.25, -0.2) is 0 Å². The van der Waals surface area contributed by atoms with Crippen molar-refractivity contribution in [3.05, 3.63) is 78.7 Å². The van der Waals surface area contributed by atoms with Crippen LogP contribution in [0.25, 0.3) is 10.4 Å². The van der Waals surface area contributed by atoms with Crippen molar-refractivity contribution in [3.63, 3.8) is 0 Å². The predicted molar refractivity (Wildman–Crippen MR) is 144 cm³/mol. The third-order valence-electron chi connectivity index (χ3n) is 8.40. The average molecular weight is 652 g/mol. The number of hydrogen-bond acceptors (Lipinski definition) is 2. The van der Waals surface area contributed by atoms with Crippen LogP contribution < -0.4 is 0 Å². The maximum absolute atomic E-state index is 4.00. The van der Waals surface area contributed by atoms with Gasteiger partial charge in [-0.2, -0.15) is 0 Å². The maximum atomic E-state index is 4.00. The van der Waals surface area contributed by atoms with Crippen molar-refractivity contribution in [3.8, 4) is 0 Å². The zero-order valence-electron chi connectivity index (χ0n) is 20.3. The number of nitrogens with zero attached hydrogens (tertiary/aromatic N) is 2. The summed E-state index contributed by atoms with van der Waals surface area (Å²) in [6, 6.07) is 13.9. The molecule has 1 heterocycles. The van der Waals surface area contributed by atoms with E-state index in [9.17, 15) is 0 Å². The Balaban J connectivity index is 2.03. The summed E-state index contributed by atoms with van der Waals surface area (Å²) in [6.45, 7) is 10.1. The Morgan fingerprint density at radius 3 is 1.44 bits per heavy atom. The number of halogens is 2. The van der Waals surface area contributed by atoms with E-state index < -0.39 is 28.9 Å². The molecule has 2 aromatic carbocycles. The van der Waals surface area contributed by atoms with E-state index in [-0.39, 0.29) is 0 Å². The van der Waals surface area contributed by atoms with Gasteiger partial charge in [0.1, 0.15) is 0 Å². The number of rotatable bonds is 2. The normalized spacial score (nSPS) is 24.8. The van der Waals surface area contributed by atoms with E-state index in [4.69, 9.17) is 0 Å². The van der Waals surface area contributed by atoms with Crippen molar-refractivity contribution in [1.29, 1.82) is 0 Å². The standard InChI is InChI=1S/C22H20Br2Si.2C2H6N.Zr/c1-13-11-15-7-5-9-17(23)19(15)21(13)25(3,4)22-14(2)12-16-8-6-10-18(24)20(16)22;2*1-3-2;/h5-12H,1-4H3;2*1-2H3;/q;2*-1;+2. The van der Waals surface area contributed by atoms with Crippen molar-refractivity contribution in [1.82, 2.24) is 5.69 Å². The van der Waals surface area contributed by atoms with Crippen LogP contribution in [0.1, 0.15) is 43.4 Å². The molecule has 2 unspecified atom stereocenters. The number of hydrogen-bond donors (Lipinski definition) is 0. The van der Waals surface area contributed by atoms with Gasteiger partial charge >= 0.3 is 218 Å². The fourth-order valence-corrected chi connectivity index (χ4v) is 29.4. The van der Waals surface area contributed by atoms with E-state index in [0.29, 0.717) is 7.25 Å². The average Bonchev–Trinajstić information content (AvgIpc) is 3.18. The van der Waals surface area contributed by atoms with Crippen molar-refractivity contribution >= 4 is 50.3 Å². The van der Waals surface area contributed by atoms with E-state index in [1.54, 1.807) is 32.7 Å². The number of benzene rings is 2. The summed E-state index contributed by atoms with van der Waals surface area (Å²) in [6.07, 6.45) is 0. The molecule has 0 spiro atoms. The summed E-state index contributed by atoms with van der Waals surface area (Å²) in [5, 5.41) is 3.34. The second kappa shape index (κ2) is 7.70. The molecular weight excluding hydrogens is 619 g/mol. The molecule has 1 aliphatic heterocycles. The predicted octanol–water partition coefficient (Wildman–Crippen LogP) is 7.48. The molecule has 0 amide bonds. The summed E-state index contributed by atoms with van der Waals surface area (Å²) in [7, 11) is 7.49. The van der Waals surface area contributed by atoms with Crippen molar-refractivity contribution in [2.24, 2.45) is 0 Å². The van der Waals surface area contributed by atoms with E-state index in [0.717, 1.165) is 0 Å². The van der Waals surface area contributed by atoms with Gasteiger partial charge in [0.05, 0.1) is 0 Å². The zero-order valence-corrected chi connectivity index (χ0v) is 26.9. The van der Waals surface area contributed by atoms with Gasteiger partial charge in [0.15, 0.2) is 0 Å². The third kappa shape index (κ3) is 2.72. The molecule has 0 fully saturated rings. The van der Waals surface area contributed by atoms with Gasteiger partial charge in [-0.1, -0.05) is 0 Å². The first-order chi connectivity index (χ1) is 15.0. The van der Waals surface area contributed by atoms with Crippen LogP contribution >= 0.6 is 31.9 Å². The second-order valence-electron chi connectivity index (χ2n) is 10.6. The van der Waals surface area contributed by atoms with Gasteiger partial charge in [0.2, 0.25) is 0 Å². The Morgan fingerprint density at radius 1 is 0.719 bits per heavy atom. The molecule has 6 heteroatoms. The summed E-state index contributed by atoms with van der Waals surface area (Å²) in [5.74, 6) is 0. The zero-order chi connectivity index (χ0) is 23.3. The number of fused-ring (bicyclic) bond motifs is 8.